The third-order valence-corrected chi connectivity index (χ3v) is 6.01. The molecule has 0 amide bonds. The lowest BCUT2D eigenvalue weighted by atomic mass is 9.83. The van der Waals surface area contributed by atoms with Gasteiger partial charge in [0.25, 0.3) is 0 Å². The van der Waals surface area contributed by atoms with Crippen molar-refractivity contribution in [3.8, 4) is 28.9 Å². The molecule has 0 saturated heterocycles. The number of aromatic hydroxyl groups is 1. The normalized spacial score (nSPS) is 14.1. The van der Waals surface area contributed by atoms with Gasteiger partial charge in [-0.25, -0.2) is 9.97 Å². The lowest BCUT2D eigenvalue weighted by Gasteiger charge is -2.29. The van der Waals surface area contributed by atoms with E-state index in [9.17, 15) is 5.11 Å². The predicted molar refractivity (Wildman–Crippen MR) is 124 cm³/mol. The highest BCUT2D eigenvalue weighted by Gasteiger charge is 2.32. The molecule has 1 aliphatic rings. The van der Waals surface area contributed by atoms with Gasteiger partial charge in [0.2, 0.25) is 5.88 Å². The van der Waals surface area contributed by atoms with E-state index < -0.39 is 0 Å². The van der Waals surface area contributed by atoms with E-state index in [1.165, 1.54) is 0 Å². The predicted octanol–water partition coefficient (Wildman–Crippen LogP) is 3.66. The Balaban J connectivity index is 1.59. The number of aryl methyl sites for hydroxylation is 2. The second-order valence-electron chi connectivity index (χ2n) is 8.03. The number of methoxy groups -OCH3 is 2. The van der Waals surface area contributed by atoms with Crippen molar-refractivity contribution in [2.24, 2.45) is 0 Å². The van der Waals surface area contributed by atoms with Crippen LogP contribution in [0.1, 0.15) is 29.0 Å². The molecular weight excluding hydrogens is 434 g/mol. The highest BCUT2D eigenvalue weighted by Crippen LogP contribution is 2.47. The first-order valence-corrected chi connectivity index (χ1v) is 10.9. The molecule has 9 nitrogen and oxygen atoms in total. The number of phenolic OH excluding ortho intramolecular Hbond substituents is 1. The van der Waals surface area contributed by atoms with E-state index in [1.807, 2.05) is 39.6 Å². The lowest BCUT2D eigenvalue weighted by Crippen LogP contribution is -2.30. The molecule has 1 atom stereocenters. The maximum atomic E-state index is 10.0. The molecule has 3 heterocycles. The van der Waals surface area contributed by atoms with Gasteiger partial charge in [-0.1, -0.05) is 12.1 Å². The molecule has 34 heavy (non-hydrogen) atoms. The second kappa shape index (κ2) is 8.93. The van der Waals surface area contributed by atoms with Crippen LogP contribution in [0, 0.1) is 5.41 Å². The zero-order valence-corrected chi connectivity index (χ0v) is 18.9. The number of nitrogens with zero attached hydrogens (tertiary/aromatic N) is 4. The van der Waals surface area contributed by atoms with Crippen molar-refractivity contribution >= 4 is 0 Å². The maximum Gasteiger partial charge on any atom is 0.228 e. The zero-order valence-electron chi connectivity index (χ0n) is 18.9. The number of imidazole rings is 1. The second-order valence-corrected chi connectivity index (χ2v) is 8.03. The van der Waals surface area contributed by atoms with Crippen LogP contribution in [0.2, 0.25) is 0 Å². The van der Waals surface area contributed by atoms with Gasteiger partial charge in [0.05, 0.1) is 26.1 Å². The summed E-state index contributed by atoms with van der Waals surface area (Å²) in [6.45, 7) is 1.42. The Labute approximate surface area is 196 Å². The first-order chi connectivity index (χ1) is 16.6. The summed E-state index contributed by atoms with van der Waals surface area (Å²) in [6.07, 6.45) is 7.91. The smallest absolute Gasteiger partial charge is 0.228 e. The molecule has 0 radical (unpaired) electrons. The molecule has 1 aliphatic heterocycles. The molecule has 4 aromatic rings. The Morgan fingerprint density at radius 1 is 1.06 bits per heavy atom. The molecular formula is C25H25N5O4. The molecule has 2 aromatic carbocycles. The number of hydrogen-bond acceptors (Lipinski definition) is 7. The summed E-state index contributed by atoms with van der Waals surface area (Å²) in [6, 6.07) is 10.7. The van der Waals surface area contributed by atoms with Gasteiger partial charge in [0.1, 0.15) is 23.3 Å². The maximum absolute atomic E-state index is 10.0. The number of hydrogen-bond donors (Lipinski definition) is 2. The van der Waals surface area contributed by atoms with Crippen molar-refractivity contribution in [2.45, 2.75) is 25.4 Å². The highest BCUT2D eigenvalue weighted by atomic mass is 16.5. The van der Waals surface area contributed by atoms with Gasteiger partial charge in [-0.2, -0.15) is 0 Å². The standard InChI is InChI=1S/C25H25N5O4/c1-32-19-7-4-16(12-21(19)33-2)22-18-6-5-17(31)13-20(18)34-25-23(22)24(26)30(15-28-25)10-3-9-29-11-8-27-14-29/h4-8,11-15,22,26,31H,3,9-10H2,1-2H3/t22-/m1/s1. The van der Waals surface area contributed by atoms with Crippen LogP contribution in [0.25, 0.3) is 0 Å². The summed E-state index contributed by atoms with van der Waals surface area (Å²) in [5, 5.41) is 19.1. The fourth-order valence-corrected chi connectivity index (χ4v) is 4.35. The Hall–Kier alpha value is -4.27. The van der Waals surface area contributed by atoms with Gasteiger partial charge in [-0.15, -0.1) is 0 Å². The van der Waals surface area contributed by atoms with Crippen molar-refractivity contribution in [1.82, 2.24) is 19.1 Å². The molecule has 0 fully saturated rings. The Bertz CT molecular complexity index is 1380. The van der Waals surface area contributed by atoms with Crippen molar-refractivity contribution in [1.29, 1.82) is 5.41 Å². The van der Waals surface area contributed by atoms with Crippen LogP contribution in [0.5, 0.6) is 28.9 Å². The molecule has 0 spiro atoms. The van der Waals surface area contributed by atoms with E-state index in [4.69, 9.17) is 19.6 Å². The number of aromatic nitrogens is 4. The van der Waals surface area contributed by atoms with Crippen molar-refractivity contribution in [3.63, 3.8) is 0 Å². The Kier molecular flexibility index (Phi) is 5.67. The molecule has 0 aliphatic carbocycles. The zero-order chi connectivity index (χ0) is 23.7. The summed E-state index contributed by atoms with van der Waals surface area (Å²) in [5.41, 5.74) is 2.73. The van der Waals surface area contributed by atoms with Crippen molar-refractivity contribution in [3.05, 3.63) is 83.6 Å². The van der Waals surface area contributed by atoms with Crippen LogP contribution in [-0.2, 0) is 13.1 Å². The van der Waals surface area contributed by atoms with Gasteiger partial charge < -0.3 is 28.5 Å². The van der Waals surface area contributed by atoms with E-state index in [-0.39, 0.29) is 11.7 Å². The number of fused-ring (bicyclic) bond motifs is 2. The fraction of sp³-hybridized carbons (Fsp3) is 0.240. The number of ether oxygens (including phenoxy) is 3. The third-order valence-electron chi connectivity index (χ3n) is 6.01. The number of benzene rings is 2. The lowest BCUT2D eigenvalue weighted by molar-refractivity contribution is 0.354. The van der Waals surface area contributed by atoms with E-state index >= 15 is 0 Å². The summed E-state index contributed by atoms with van der Waals surface area (Å²) in [7, 11) is 3.19. The number of phenols is 1. The summed E-state index contributed by atoms with van der Waals surface area (Å²) in [4.78, 5) is 8.61. The van der Waals surface area contributed by atoms with Crippen LogP contribution in [0.3, 0.4) is 0 Å². The van der Waals surface area contributed by atoms with Crippen LogP contribution in [0.4, 0.5) is 0 Å². The van der Waals surface area contributed by atoms with Crippen LogP contribution in [-0.4, -0.2) is 38.4 Å². The minimum Gasteiger partial charge on any atom is -0.508 e. The topological polar surface area (TPSA) is 107 Å². The molecule has 0 unspecified atom stereocenters. The van der Waals surface area contributed by atoms with Gasteiger partial charge in [-0.05, 0) is 30.2 Å². The first-order valence-electron chi connectivity index (χ1n) is 10.9. The molecule has 2 aromatic heterocycles. The van der Waals surface area contributed by atoms with E-state index in [2.05, 4.69) is 9.97 Å². The van der Waals surface area contributed by atoms with Crippen LogP contribution < -0.4 is 19.7 Å². The largest absolute Gasteiger partial charge is 0.508 e. The highest BCUT2D eigenvalue weighted by molar-refractivity contribution is 5.58. The molecule has 5 rings (SSSR count). The van der Waals surface area contributed by atoms with Gasteiger partial charge in [0, 0.05) is 43.0 Å². The summed E-state index contributed by atoms with van der Waals surface area (Å²) in [5.74, 6) is 1.85. The minimum atomic E-state index is -0.333. The average molecular weight is 460 g/mol. The summed E-state index contributed by atoms with van der Waals surface area (Å²) >= 11 is 0. The number of nitrogens with one attached hydrogen (secondary N) is 1. The Morgan fingerprint density at radius 3 is 2.68 bits per heavy atom. The molecule has 0 bridgehead atoms. The monoisotopic (exact) mass is 459 g/mol. The number of rotatable bonds is 7. The fourth-order valence-electron chi connectivity index (χ4n) is 4.35. The van der Waals surface area contributed by atoms with E-state index in [0.717, 1.165) is 24.1 Å². The molecule has 0 saturated carbocycles. The quantitative estimate of drug-likeness (QED) is 0.385. The SMILES string of the molecule is COc1ccc([C@@H]2c3ccc(O)cc3Oc3ncn(CCCn4ccnc4)c(=N)c32)cc1OC. The summed E-state index contributed by atoms with van der Waals surface area (Å²) < 4.78 is 20.8. The average Bonchev–Trinajstić information content (AvgIpc) is 3.37. The Morgan fingerprint density at radius 2 is 1.91 bits per heavy atom. The van der Waals surface area contributed by atoms with Gasteiger partial charge in [0.15, 0.2) is 11.5 Å². The van der Waals surface area contributed by atoms with E-state index in [1.54, 1.807) is 45.2 Å². The van der Waals surface area contributed by atoms with Crippen LogP contribution >= 0.6 is 0 Å². The van der Waals surface area contributed by atoms with Crippen LogP contribution in [0.15, 0.2) is 61.4 Å². The molecule has 2 N–H and O–H groups in total. The van der Waals surface area contributed by atoms with Gasteiger partial charge >= 0.3 is 0 Å². The molecule has 174 valence electrons. The first kappa shape index (κ1) is 21.6. The van der Waals surface area contributed by atoms with Crippen molar-refractivity contribution in [2.75, 3.05) is 14.2 Å². The van der Waals surface area contributed by atoms with Gasteiger partial charge in [-0.3, -0.25) is 5.41 Å². The minimum absolute atomic E-state index is 0.102. The van der Waals surface area contributed by atoms with Crippen molar-refractivity contribution < 1.29 is 19.3 Å². The molecule has 9 heteroatoms. The third kappa shape index (κ3) is 3.85. The van der Waals surface area contributed by atoms with E-state index in [0.29, 0.717) is 40.7 Å².